The van der Waals surface area contributed by atoms with Gasteiger partial charge < -0.3 is 26.2 Å². The van der Waals surface area contributed by atoms with Crippen molar-refractivity contribution in [2.45, 2.75) is 67.5 Å². The van der Waals surface area contributed by atoms with Crippen molar-refractivity contribution < 1.29 is 15.0 Å². The molecule has 1 aliphatic heterocycles. The molecule has 1 atom stereocenters. The summed E-state index contributed by atoms with van der Waals surface area (Å²) in [5.74, 6) is 0.543. The highest BCUT2D eigenvalue weighted by Crippen LogP contribution is 2.56. The van der Waals surface area contributed by atoms with E-state index >= 15 is 0 Å². The summed E-state index contributed by atoms with van der Waals surface area (Å²) in [4.78, 5) is 23.3. The molecule has 5 N–H and O–H groups in total. The van der Waals surface area contributed by atoms with Crippen molar-refractivity contribution in [1.82, 2.24) is 15.3 Å². The van der Waals surface area contributed by atoms with E-state index in [1.54, 1.807) is 12.3 Å². The summed E-state index contributed by atoms with van der Waals surface area (Å²) in [5.41, 5.74) is 9.66. The van der Waals surface area contributed by atoms with Crippen LogP contribution in [0.5, 0.6) is 0 Å². The molecule has 39 heavy (non-hydrogen) atoms. The van der Waals surface area contributed by atoms with Gasteiger partial charge in [-0.05, 0) is 80.2 Å². The molecular formula is C29H34ClN5O3S. The van der Waals surface area contributed by atoms with E-state index in [9.17, 15) is 15.0 Å². The smallest absolute Gasteiger partial charge is 0.405 e. The Kier molecular flexibility index (Phi) is 7.68. The van der Waals surface area contributed by atoms with Gasteiger partial charge in [-0.15, -0.1) is 0 Å². The zero-order valence-corrected chi connectivity index (χ0v) is 23.7. The van der Waals surface area contributed by atoms with E-state index in [4.69, 9.17) is 22.3 Å². The fraction of sp³-hybridized carbons (Fsp3) is 0.414. The van der Waals surface area contributed by atoms with Gasteiger partial charge in [-0.25, -0.2) is 14.8 Å². The van der Waals surface area contributed by atoms with Gasteiger partial charge in [0.1, 0.15) is 10.8 Å². The third kappa shape index (κ3) is 5.66. The van der Waals surface area contributed by atoms with E-state index in [0.29, 0.717) is 10.7 Å². The van der Waals surface area contributed by atoms with Gasteiger partial charge in [-0.3, -0.25) is 0 Å². The number of benzene rings is 1. The molecule has 0 unspecified atom stereocenters. The molecule has 2 aliphatic rings. The molecule has 1 aromatic carbocycles. The van der Waals surface area contributed by atoms with Crippen molar-refractivity contribution >= 4 is 41.0 Å². The summed E-state index contributed by atoms with van der Waals surface area (Å²) in [6.45, 7) is 5.45. The minimum absolute atomic E-state index is 0.0677. The van der Waals surface area contributed by atoms with E-state index in [0.717, 1.165) is 54.4 Å². The Labute approximate surface area is 238 Å². The first-order valence-electron chi connectivity index (χ1n) is 13.1. The Hall–Kier alpha value is -3.01. The molecule has 5 rings (SSSR count). The molecule has 10 heteroatoms. The van der Waals surface area contributed by atoms with Gasteiger partial charge in [0.05, 0.1) is 23.0 Å². The quantitative estimate of drug-likeness (QED) is 0.286. The van der Waals surface area contributed by atoms with Crippen molar-refractivity contribution in [3.8, 4) is 0 Å². The van der Waals surface area contributed by atoms with Crippen LogP contribution >= 0.6 is 23.4 Å². The minimum atomic E-state index is -0.990. The molecule has 0 radical (unpaired) electrons. The molecule has 1 saturated heterocycles. The zero-order chi connectivity index (χ0) is 27.8. The van der Waals surface area contributed by atoms with E-state index in [1.165, 1.54) is 22.9 Å². The van der Waals surface area contributed by atoms with Crippen LogP contribution in [-0.4, -0.2) is 44.9 Å². The first-order valence-corrected chi connectivity index (χ1v) is 14.3. The van der Waals surface area contributed by atoms with E-state index in [-0.39, 0.29) is 23.8 Å². The van der Waals surface area contributed by atoms with Crippen LogP contribution < -0.4 is 16.0 Å². The number of carbonyl (C=O) groups is 1. The number of aliphatic hydroxyl groups excluding tert-OH is 1. The number of carboxylic acid groups (broad SMARTS) is 1. The summed E-state index contributed by atoms with van der Waals surface area (Å²) in [6, 6.07) is 14.4. The molecule has 0 bridgehead atoms. The predicted molar refractivity (Wildman–Crippen MR) is 155 cm³/mol. The third-order valence-corrected chi connectivity index (χ3v) is 9.65. The van der Waals surface area contributed by atoms with Crippen LogP contribution in [0.1, 0.15) is 55.8 Å². The number of hydrogen-bond acceptors (Lipinski definition) is 7. The number of piperidine rings is 1. The highest BCUT2D eigenvalue weighted by Gasteiger charge is 2.49. The van der Waals surface area contributed by atoms with Crippen molar-refractivity contribution in [3.63, 3.8) is 0 Å². The van der Waals surface area contributed by atoms with Crippen LogP contribution in [0.3, 0.4) is 0 Å². The molecule has 1 fully saturated rings. The number of nitrogens with two attached hydrogens (primary N) is 1. The van der Waals surface area contributed by atoms with Crippen LogP contribution in [0, 0.1) is 5.41 Å². The SMILES string of the molecule is CC(C)(C[C@@H]1c2ccccc2CC12CCN(c1ccc(Sc3ccnc(N)c3Cl)nc1CO)CC2)NC(=O)O. The second-order valence-corrected chi connectivity index (χ2v) is 12.6. The molecule has 1 spiro atoms. The molecule has 1 amide bonds. The minimum Gasteiger partial charge on any atom is -0.465 e. The van der Waals surface area contributed by atoms with Crippen molar-refractivity contribution in [1.29, 1.82) is 0 Å². The molecular weight excluding hydrogens is 534 g/mol. The number of nitrogens with one attached hydrogen (secondary N) is 1. The Morgan fingerprint density at radius 1 is 1.23 bits per heavy atom. The van der Waals surface area contributed by atoms with Gasteiger partial charge >= 0.3 is 6.09 Å². The van der Waals surface area contributed by atoms with Crippen molar-refractivity contribution in [2.24, 2.45) is 5.41 Å². The number of aliphatic hydroxyl groups is 1. The van der Waals surface area contributed by atoms with Crippen LogP contribution in [-0.2, 0) is 13.0 Å². The Morgan fingerprint density at radius 2 is 1.97 bits per heavy atom. The number of amides is 1. The van der Waals surface area contributed by atoms with Crippen molar-refractivity contribution in [2.75, 3.05) is 23.7 Å². The van der Waals surface area contributed by atoms with Crippen molar-refractivity contribution in [3.05, 3.63) is 70.5 Å². The van der Waals surface area contributed by atoms with Crippen LogP contribution in [0.2, 0.25) is 5.02 Å². The number of aromatic nitrogens is 2. The number of nitrogens with zero attached hydrogens (tertiary/aromatic N) is 3. The van der Waals surface area contributed by atoms with Crippen LogP contribution in [0.15, 0.2) is 58.6 Å². The van der Waals surface area contributed by atoms with E-state index in [2.05, 4.69) is 39.5 Å². The molecule has 8 nitrogen and oxygen atoms in total. The second-order valence-electron chi connectivity index (χ2n) is 11.2. The largest absolute Gasteiger partial charge is 0.465 e. The summed E-state index contributed by atoms with van der Waals surface area (Å²) in [6.07, 6.45) is 4.32. The van der Waals surface area contributed by atoms with Gasteiger partial charge in [-0.2, -0.15) is 0 Å². The number of pyridine rings is 2. The molecule has 2 aromatic heterocycles. The lowest BCUT2D eigenvalue weighted by molar-refractivity contribution is 0.143. The average molecular weight is 568 g/mol. The second kappa shape index (κ2) is 10.9. The first-order chi connectivity index (χ1) is 18.6. The molecule has 3 heterocycles. The lowest BCUT2D eigenvalue weighted by Crippen LogP contribution is -2.48. The standard InChI is InChI=1S/C29H34ClN5O3S/c1-28(2,34-27(37)38)16-20-19-6-4-3-5-18(19)15-29(20)10-13-35(14-11-29)22-7-8-24(33-21(22)17-36)39-23-9-12-32-26(31)25(23)30/h3-9,12,20,34,36H,10-11,13-17H2,1-2H3,(H2,31,32)(H,37,38)/t20-/m1/s1. The van der Waals surface area contributed by atoms with Gasteiger partial charge in [0.2, 0.25) is 0 Å². The number of anilines is 2. The number of rotatable bonds is 7. The highest BCUT2D eigenvalue weighted by molar-refractivity contribution is 7.99. The number of fused-ring (bicyclic) bond motifs is 1. The molecule has 206 valence electrons. The van der Waals surface area contributed by atoms with E-state index in [1.807, 2.05) is 26.0 Å². The summed E-state index contributed by atoms with van der Waals surface area (Å²) in [7, 11) is 0. The fourth-order valence-electron chi connectivity index (χ4n) is 6.33. The Bertz CT molecular complexity index is 1380. The number of halogens is 1. The summed E-state index contributed by atoms with van der Waals surface area (Å²) < 4.78 is 0. The monoisotopic (exact) mass is 567 g/mol. The highest BCUT2D eigenvalue weighted by atomic mass is 35.5. The lowest BCUT2D eigenvalue weighted by Gasteiger charge is -2.46. The Balaban J connectivity index is 1.35. The number of nitrogen functional groups attached to an aromatic ring is 1. The maximum atomic E-state index is 11.5. The van der Waals surface area contributed by atoms with Gasteiger partial charge in [0, 0.05) is 29.7 Å². The summed E-state index contributed by atoms with van der Waals surface area (Å²) >= 11 is 7.70. The Morgan fingerprint density at radius 3 is 2.69 bits per heavy atom. The number of hydrogen-bond donors (Lipinski definition) is 4. The van der Waals surface area contributed by atoms with Gasteiger partial charge in [0.25, 0.3) is 0 Å². The molecule has 0 saturated carbocycles. The van der Waals surface area contributed by atoms with Crippen LogP contribution in [0.4, 0.5) is 16.3 Å². The molecule has 3 aromatic rings. The third-order valence-electron chi connectivity index (χ3n) is 8.14. The lowest BCUT2D eigenvalue weighted by atomic mass is 9.66. The normalized spacial score (nSPS) is 18.3. The van der Waals surface area contributed by atoms with Crippen LogP contribution in [0.25, 0.3) is 0 Å². The van der Waals surface area contributed by atoms with Gasteiger partial charge in [0.15, 0.2) is 0 Å². The maximum Gasteiger partial charge on any atom is 0.405 e. The molecule has 1 aliphatic carbocycles. The first kappa shape index (κ1) is 27.6. The zero-order valence-electron chi connectivity index (χ0n) is 22.2. The topological polar surface area (TPSA) is 125 Å². The van der Waals surface area contributed by atoms with Gasteiger partial charge in [-0.1, -0.05) is 47.6 Å². The fourth-order valence-corrected chi connectivity index (χ4v) is 7.40. The summed E-state index contributed by atoms with van der Waals surface area (Å²) in [5, 5.41) is 23.4. The van der Waals surface area contributed by atoms with E-state index < -0.39 is 11.6 Å². The average Bonchev–Trinajstić information content (AvgIpc) is 3.18. The predicted octanol–water partition coefficient (Wildman–Crippen LogP) is 5.72. The maximum absolute atomic E-state index is 11.5.